The van der Waals surface area contributed by atoms with Gasteiger partial charge in [0.25, 0.3) is 0 Å². The highest BCUT2D eigenvalue weighted by molar-refractivity contribution is 6.06. The van der Waals surface area contributed by atoms with Gasteiger partial charge in [-0.25, -0.2) is 15.0 Å². The summed E-state index contributed by atoms with van der Waals surface area (Å²) in [6.45, 7) is 0. The molecule has 0 amide bonds. The van der Waals surface area contributed by atoms with Crippen molar-refractivity contribution in [3.8, 4) is 67.5 Å². The highest BCUT2D eigenvalue weighted by atomic mass is 14.8. The molecule has 5 aromatic heterocycles. The van der Waals surface area contributed by atoms with Gasteiger partial charge in [-0.3, -0.25) is 15.0 Å². The third kappa shape index (κ3) is 5.35. The lowest BCUT2D eigenvalue weighted by atomic mass is 9.94. The first-order valence-corrected chi connectivity index (χ1v) is 16.4. The Bertz CT molecular complexity index is 2470. The molecule has 0 atom stereocenters. The number of hydrogen-bond acceptors (Lipinski definition) is 6. The first-order chi connectivity index (χ1) is 24.8. The summed E-state index contributed by atoms with van der Waals surface area (Å²) in [5, 5.41) is 4.38. The zero-order valence-corrected chi connectivity index (χ0v) is 26.8. The number of benzene rings is 4. The molecular weight excluding hydrogens is 613 g/mol. The van der Waals surface area contributed by atoms with Crippen LogP contribution in [0.3, 0.4) is 0 Å². The van der Waals surface area contributed by atoms with Gasteiger partial charge < -0.3 is 0 Å². The number of pyridine rings is 4. The summed E-state index contributed by atoms with van der Waals surface area (Å²) < 4.78 is 0. The lowest BCUT2D eigenvalue weighted by Crippen LogP contribution is -1.95. The molecule has 0 unspecified atom stereocenters. The van der Waals surface area contributed by atoms with Crippen LogP contribution in [0.4, 0.5) is 0 Å². The molecule has 9 aromatic rings. The van der Waals surface area contributed by atoms with Crippen LogP contribution in [0.2, 0.25) is 0 Å². The summed E-state index contributed by atoms with van der Waals surface area (Å²) in [7, 11) is 0. The minimum atomic E-state index is 0.807. The maximum absolute atomic E-state index is 5.22. The van der Waals surface area contributed by atoms with Gasteiger partial charge in [-0.05, 0) is 70.1 Å². The molecule has 0 radical (unpaired) electrons. The van der Waals surface area contributed by atoms with E-state index in [2.05, 4.69) is 94.9 Å². The molecule has 6 heteroatoms. The standard InChI is InChI=1S/C44H28N6/c1-3-13-33-31(11-1)35(41-17-5-15-39(48-41)29-9-7-23-45-25-29)19-21-37(33)43-27-47-28-44(50-43)38-22-20-36(32-12-2-4-14-34(32)38)42-18-6-16-40(49-42)30-10-8-24-46-26-30/h1-28H. The van der Waals surface area contributed by atoms with Gasteiger partial charge in [0.15, 0.2) is 0 Å². The first-order valence-electron chi connectivity index (χ1n) is 16.4. The number of rotatable bonds is 6. The van der Waals surface area contributed by atoms with E-state index in [1.165, 1.54) is 0 Å². The van der Waals surface area contributed by atoms with Crippen molar-refractivity contribution in [2.75, 3.05) is 0 Å². The quantitative estimate of drug-likeness (QED) is 0.180. The van der Waals surface area contributed by atoms with Crippen molar-refractivity contribution in [2.24, 2.45) is 0 Å². The molecule has 0 saturated heterocycles. The normalized spacial score (nSPS) is 11.2. The van der Waals surface area contributed by atoms with Gasteiger partial charge in [0.1, 0.15) is 0 Å². The van der Waals surface area contributed by atoms with E-state index in [1.54, 1.807) is 12.4 Å². The molecule has 0 aliphatic rings. The SMILES string of the molecule is c1cncc(-c2cccc(-c3ccc(-c4cncc(-c5ccc(-c6cccc(-c7cccnc7)n6)c6ccccc56)n4)c4ccccc34)n2)c1. The summed E-state index contributed by atoms with van der Waals surface area (Å²) in [4.78, 5) is 28.5. The van der Waals surface area contributed by atoms with Crippen LogP contribution in [-0.2, 0) is 0 Å². The summed E-state index contributed by atoms with van der Waals surface area (Å²) in [5.41, 5.74) is 11.3. The Hall–Kier alpha value is -6.92. The van der Waals surface area contributed by atoms with Crippen molar-refractivity contribution in [3.05, 3.63) is 171 Å². The second-order valence-electron chi connectivity index (χ2n) is 12.0. The Balaban J connectivity index is 1.12. The zero-order chi connectivity index (χ0) is 33.3. The van der Waals surface area contributed by atoms with Gasteiger partial charge in [-0.15, -0.1) is 0 Å². The second-order valence-corrected chi connectivity index (χ2v) is 12.0. The zero-order valence-electron chi connectivity index (χ0n) is 26.8. The van der Waals surface area contributed by atoms with Crippen LogP contribution in [-0.4, -0.2) is 29.9 Å². The molecule has 0 aliphatic heterocycles. The van der Waals surface area contributed by atoms with Crippen molar-refractivity contribution in [2.45, 2.75) is 0 Å². The molecule has 9 rings (SSSR count). The fraction of sp³-hybridized carbons (Fsp3) is 0. The molecule has 0 aliphatic carbocycles. The molecule has 4 aromatic carbocycles. The maximum atomic E-state index is 5.22. The number of fused-ring (bicyclic) bond motifs is 2. The average Bonchev–Trinajstić information content (AvgIpc) is 3.21. The van der Waals surface area contributed by atoms with Gasteiger partial charge in [0, 0.05) is 58.2 Å². The van der Waals surface area contributed by atoms with Gasteiger partial charge in [0.05, 0.1) is 46.6 Å². The van der Waals surface area contributed by atoms with Crippen molar-refractivity contribution in [1.82, 2.24) is 29.9 Å². The molecule has 6 nitrogen and oxygen atoms in total. The van der Waals surface area contributed by atoms with Gasteiger partial charge in [-0.1, -0.05) is 84.9 Å². The fourth-order valence-electron chi connectivity index (χ4n) is 6.64. The van der Waals surface area contributed by atoms with E-state index in [1.807, 2.05) is 73.3 Å². The van der Waals surface area contributed by atoms with E-state index in [0.717, 1.165) is 89.1 Å². The maximum Gasteiger partial charge on any atom is 0.0898 e. The smallest absolute Gasteiger partial charge is 0.0898 e. The molecule has 0 fully saturated rings. The van der Waals surface area contributed by atoms with Gasteiger partial charge in [0.2, 0.25) is 0 Å². The third-order valence-corrected chi connectivity index (χ3v) is 9.00. The number of hydrogen-bond donors (Lipinski definition) is 0. The first kappa shape index (κ1) is 29.2. The van der Waals surface area contributed by atoms with Crippen molar-refractivity contribution in [1.29, 1.82) is 0 Å². The van der Waals surface area contributed by atoms with E-state index in [9.17, 15) is 0 Å². The Morgan fingerprint density at radius 1 is 0.260 bits per heavy atom. The third-order valence-electron chi connectivity index (χ3n) is 9.00. The Morgan fingerprint density at radius 3 is 1.04 bits per heavy atom. The molecule has 0 bridgehead atoms. The second kappa shape index (κ2) is 12.6. The van der Waals surface area contributed by atoms with Crippen LogP contribution in [0.25, 0.3) is 89.1 Å². The molecule has 50 heavy (non-hydrogen) atoms. The fourth-order valence-corrected chi connectivity index (χ4v) is 6.64. The van der Waals surface area contributed by atoms with Crippen LogP contribution >= 0.6 is 0 Å². The van der Waals surface area contributed by atoms with E-state index in [-0.39, 0.29) is 0 Å². The number of nitrogens with zero attached hydrogens (tertiary/aromatic N) is 6. The van der Waals surface area contributed by atoms with Crippen molar-refractivity contribution in [3.63, 3.8) is 0 Å². The number of aromatic nitrogens is 6. The molecule has 0 N–H and O–H groups in total. The summed E-state index contributed by atoms with van der Waals surface area (Å²) in [6, 6.07) is 45.5. The van der Waals surface area contributed by atoms with Crippen LogP contribution in [0.5, 0.6) is 0 Å². The van der Waals surface area contributed by atoms with E-state index < -0.39 is 0 Å². The van der Waals surface area contributed by atoms with Crippen molar-refractivity contribution >= 4 is 21.5 Å². The lowest BCUT2D eigenvalue weighted by molar-refractivity contribution is 1.21. The molecule has 234 valence electrons. The molecular formula is C44H28N6. The van der Waals surface area contributed by atoms with E-state index in [0.29, 0.717) is 0 Å². The molecule has 0 saturated carbocycles. The highest BCUT2D eigenvalue weighted by Gasteiger charge is 2.16. The molecule has 5 heterocycles. The summed E-state index contributed by atoms with van der Waals surface area (Å²) in [5.74, 6) is 0. The predicted octanol–water partition coefficient (Wildman–Crippen LogP) is 10.4. The Morgan fingerprint density at radius 2 is 0.640 bits per heavy atom. The summed E-state index contributed by atoms with van der Waals surface area (Å²) in [6.07, 6.45) is 10.9. The monoisotopic (exact) mass is 640 g/mol. The Labute approximate surface area is 288 Å². The van der Waals surface area contributed by atoms with Crippen molar-refractivity contribution < 1.29 is 0 Å². The van der Waals surface area contributed by atoms with Crippen LogP contribution in [0.1, 0.15) is 0 Å². The minimum absolute atomic E-state index is 0.807. The van der Waals surface area contributed by atoms with E-state index >= 15 is 0 Å². The van der Waals surface area contributed by atoms with Gasteiger partial charge in [-0.2, -0.15) is 0 Å². The highest BCUT2D eigenvalue weighted by Crippen LogP contribution is 2.38. The Kier molecular flexibility index (Phi) is 7.37. The minimum Gasteiger partial charge on any atom is -0.264 e. The molecule has 0 spiro atoms. The van der Waals surface area contributed by atoms with Crippen LogP contribution < -0.4 is 0 Å². The van der Waals surface area contributed by atoms with Crippen LogP contribution in [0.15, 0.2) is 171 Å². The average molecular weight is 641 g/mol. The van der Waals surface area contributed by atoms with Crippen LogP contribution in [0, 0.1) is 0 Å². The largest absolute Gasteiger partial charge is 0.264 e. The van der Waals surface area contributed by atoms with E-state index in [4.69, 9.17) is 19.9 Å². The topological polar surface area (TPSA) is 77.3 Å². The van der Waals surface area contributed by atoms with Gasteiger partial charge >= 0.3 is 0 Å². The lowest BCUT2D eigenvalue weighted by Gasteiger charge is -2.14. The predicted molar refractivity (Wildman–Crippen MR) is 201 cm³/mol. The summed E-state index contributed by atoms with van der Waals surface area (Å²) >= 11 is 0.